The van der Waals surface area contributed by atoms with E-state index in [0.717, 1.165) is 23.1 Å². The van der Waals surface area contributed by atoms with Crippen LogP contribution in [-0.4, -0.2) is 40.8 Å². The molecule has 2 unspecified atom stereocenters. The van der Waals surface area contributed by atoms with Gasteiger partial charge in [-0.15, -0.1) is 0 Å². The van der Waals surface area contributed by atoms with E-state index in [1.807, 2.05) is 32.0 Å². The summed E-state index contributed by atoms with van der Waals surface area (Å²) < 4.78 is 36.9. The fourth-order valence-electron chi connectivity index (χ4n) is 3.60. The summed E-state index contributed by atoms with van der Waals surface area (Å²) in [6.07, 6.45) is 2.09. The summed E-state index contributed by atoms with van der Waals surface area (Å²) in [5, 5.41) is 3.03. The first-order valence-corrected chi connectivity index (χ1v) is 12.1. The average Bonchev–Trinajstić information content (AvgIpc) is 2.74. The van der Waals surface area contributed by atoms with Crippen LogP contribution < -0.4 is 19.1 Å². The van der Waals surface area contributed by atoms with E-state index in [9.17, 15) is 13.2 Å². The SMILES string of the molecule is CCC(NC(=O)C(CC)N(c1ccc(OC)cc1)S(C)(=O)=O)c1ccc(OC)c(C)c1. The Hall–Kier alpha value is -2.74. The van der Waals surface area contributed by atoms with Crippen molar-refractivity contribution in [2.24, 2.45) is 0 Å². The molecule has 1 N–H and O–H groups in total. The summed E-state index contributed by atoms with van der Waals surface area (Å²) in [6, 6.07) is 11.3. The number of sulfonamides is 1. The Kier molecular flexibility index (Phi) is 8.33. The number of benzene rings is 2. The molecule has 0 saturated carbocycles. The predicted molar refractivity (Wildman–Crippen MR) is 123 cm³/mol. The number of anilines is 1. The van der Waals surface area contributed by atoms with Crippen LogP contribution in [0.5, 0.6) is 11.5 Å². The second-order valence-electron chi connectivity index (χ2n) is 7.38. The topological polar surface area (TPSA) is 84.9 Å². The van der Waals surface area contributed by atoms with E-state index in [-0.39, 0.29) is 11.9 Å². The quantitative estimate of drug-likeness (QED) is 0.597. The van der Waals surface area contributed by atoms with Gasteiger partial charge in [-0.05, 0) is 61.2 Å². The van der Waals surface area contributed by atoms with Gasteiger partial charge in [-0.3, -0.25) is 9.10 Å². The van der Waals surface area contributed by atoms with Crippen molar-refractivity contribution in [2.45, 2.75) is 45.7 Å². The number of hydrogen-bond acceptors (Lipinski definition) is 5. The molecule has 7 nitrogen and oxygen atoms in total. The highest BCUT2D eigenvalue weighted by atomic mass is 32.2. The molecule has 0 saturated heterocycles. The van der Waals surface area contributed by atoms with Crippen LogP contribution in [-0.2, 0) is 14.8 Å². The second-order valence-corrected chi connectivity index (χ2v) is 9.24. The molecular weight excluding hydrogens is 416 g/mol. The Labute approximate surface area is 185 Å². The van der Waals surface area contributed by atoms with Crippen LogP contribution >= 0.6 is 0 Å². The second kappa shape index (κ2) is 10.5. The molecule has 0 fully saturated rings. The minimum atomic E-state index is -3.70. The monoisotopic (exact) mass is 448 g/mol. The number of methoxy groups -OCH3 is 2. The van der Waals surface area contributed by atoms with E-state index in [4.69, 9.17) is 9.47 Å². The Morgan fingerprint density at radius 1 is 1.03 bits per heavy atom. The normalized spacial score (nSPS) is 13.2. The highest BCUT2D eigenvalue weighted by Gasteiger charge is 2.32. The zero-order chi connectivity index (χ0) is 23.2. The third kappa shape index (κ3) is 5.91. The van der Waals surface area contributed by atoms with Gasteiger partial charge in [0.2, 0.25) is 15.9 Å². The van der Waals surface area contributed by atoms with E-state index in [0.29, 0.717) is 24.3 Å². The molecule has 31 heavy (non-hydrogen) atoms. The first kappa shape index (κ1) is 24.5. The number of nitrogens with zero attached hydrogens (tertiary/aromatic N) is 1. The van der Waals surface area contributed by atoms with Gasteiger partial charge in [0.1, 0.15) is 17.5 Å². The minimum Gasteiger partial charge on any atom is -0.497 e. The predicted octanol–water partition coefficient (Wildman–Crippen LogP) is 3.82. The summed E-state index contributed by atoms with van der Waals surface area (Å²) in [5.74, 6) is 1.04. The van der Waals surface area contributed by atoms with Crippen molar-refractivity contribution in [1.82, 2.24) is 5.32 Å². The van der Waals surface area contributed by atoms with Crippen LogP contribution in [0.15, 0.2) is 42.5 Å². The number of aryl methyl sites for hydroxylation is 1. The molecule has 0 aliphatic rings. The van der Waals surface area contributed by atoms with Gasteiger partial charge in [-0.2, -0.15) is 0 Å². The van der Waals surface area contributed by atoms with Gasteiger partial charge in [-0.25, -0.2) is 8.42 Å². The van der Waals surface area contributed by atoms with Crippen molar-refractivity contribution < 1.29 is 22.7 Å². The average molecular weight is 449 g/mol. The fraction of sp³-hybridized carbons (Fsp3) is 0.435. The van der Waals surface area contributed by atoms with Crippen LogP contribution in [0, 0.1) is 6.92 Å². The maximum absolute atomic E-state index is 13.2. The zero-order valence-electron chi connectivity index (χ0n) is 19.0. The highest BCUT2D eigenvalue weighted by molar-refractivity contribution is 7.92. The summed E-state index contributed by atoms with van der Waals surface area (Å²) in [7, 11) is -0.546. The standard InChI is InChI=1S/C23H32N2O5S/c1-7-20(17-9-14-22(30-5)16(3)15-17)24-23(26)21(8-2)25(31(6,27)28)18-10-12-19(29-4)13-11-18/h9-15,20-21H,7-8H2,1-6H3,(H,24,26). The third-order valence-corrected chi connectivity index (χ3v) is 6.38. The number of amides is 1. The maximum Gasteiger partial charge on any atom is 0.244 e. The Morgan fingerprint density at radius 2 is 1.68 bits per heavy atom. The molecule has 170 valence electrons. The van der Waals surface area contributed by atoms with Crippen LogP contribution in [0.1, 0.15) is 43.9 Å². The highest BCUT2D eigenvalue weighted by Crippen LogP contribution is 2.27. The van der Waals surface area contributed by atoms with Gasteiger partial charge in [0, 0.05) is 0 Å². The van der Waals surface area contributed by atoms with E-state index >= 15 is 0 Å². The van der Waals surface area contributed by atoms with Crippen LogP contribution in [0.4, 0.5) is 5.69 Å². The number of nitrogens with one attached hydrogen (secondary N) is 1. The van der Waals surface area contributed by atoms with Crippen LogP contribution in [0.25, 0.3) is 0 Å². The lowest BCUT2D eigenvalue weighted by Crippen LogP contribution is -2.50. The van der Waals surface area contributed by atoms with Gasteiger partial charge in [0.05, 0.1) is 32.2 Å². The lowest BCUT2D eigenvalue weighted by Gasteiger charge is -2.31. The molecule has 1 amide bonds. The van der Waals surface area contributed by atoms with Crippen LogP contribution in [0.3, 0.4) is 0 Å². The van der Waals surface area contributed by atoms with Gasteiger partial charge < -0.3 is 14.8 Å². The largest absolute Gasteiger partial charge is 0.497 e. The molecule has 8 heteroatoms. The smallest absolute Gasteiger partial charge is 0.244 e. The molecular formula is C23H32N2O5S. The van der Waals surface area contributed by atoms with E-state index < -0.39 is 16.1 Å². The summed E-state index contributed by atoms with van der Waals surface area (Å²) in [4.78, 5) is 13.2. The molecule has 0 bridgehead atoms. The molecule has 0 aliphatic heterocycles. The number of ether oxygens (including phenoxy) is 2. The van der Waals surface area contributed by atoms with E-state index in [2.05, 4.69) is 5.32 Å². The first-order valence-electron chi connectivity index (χ1n) is 10.2. The molecule has 0 radical (unpaired) electrons. The number of rotatable bonds is 10. The Morgan fingerprint density at radius 3 is 2.13 bits per heavy atom. The molecule has 0 aromatic heterocycles. The lowest BCUT2D eigenvalue weighted by molar-refractivity contribution is -0.123. The van der Waals surface area contributed by atoms with Crippen LogP contribution in [0.2, 0.25) is 0 Å². The van der Waals surface area contributed by atoms with Crippen molar-refractivity contribution in [3.05, 3.63) is 53.6 Å². The number of hydrogen-bond donors (Lipinski definition) is 1. The van der Waals surface area contributed by atoms with E-state index in [1.54, 1.807) is 38.3 Å². The molecule has 2 aromatic rings. The molecule has 0 aliphatic carbocycles. The van der Waals surface area contributed by atoms with Gasteiger partial charge in [0.15, 0.2) is 0 Å². The number of carbonyl (C=O) groups is 1. The van der Waals surface area contributed by atoms with E-state index in [1.165, 1.54) is 11.4 Å². The lowest BCUT2D eigenvalue weighted by atomic mass is 10.0. The molecule has 0 spiro atoms. The van der Waals surface area contributed by atoms with Crippen molar-refractivity contribution in [2.75, 3.05) is 24.8 Å². The molecule has 2 rings (SSSR count). The summed E-state index contributed by atoms with van der Waals surface area (Å²) >= 11 is 0. The van der Waals surface area contributed by atoms with Crippen molar-refractivity contribution in [1.29, 1.82) is 0 Å². The van der Waals surface area contributed by atoms with Crippen molar-refractivity contribution >= 4 is 21.6 Å². The Bertz CT molecular complexity index is 990. The van der Waals surface area contributed by atoms with Crippen molar-refractivity contribution in [3.8, 4) is 11.5 Å². The minimum absolute atomic E-state index is 0.247. The Balaban J connectivity index is 2.34. The fourth-order valence-corrected chi connectivity index (χ4v) is 4.81. The zero-order valence-corrected chi connectivity index (χ0v) is 19.8. The maximum atomic E-state index is 13.2. The number of carbonyl (C=O) groups excluding carboxylic acids is 1. The molecule has 0 heterocycles. The van der Waals surface area contributed by atoms with Gasteiger partial charge >= 0.3 is 0 Å². The molecule has 2 atom stereocenters. The van der Waals surface area contributed by atoms with Gasteiger partial charge in [0.25, 0.3) is 0 Å². The molecule has 2 aromatic carbocycles. The summed E-state index contributed by atoms with van der Waals surface area (Å²) in [6.45, 7) is 5.72. The first-order chi connectivity index (χ1) is 14.7. The third-order valence-electron chi connectivity index (χ3n) is 5.20. The van der Waals surface area contributed by atoms with Crippen molar-refractivity contribution in [3.63, 3.8) is 0 Å². The van der Waals surface area contributed by atoms with Gasteiger partial charge in [-0.1, -0.05) is 26.0 Å². The summed E-state index contributed by atoms with van der Waals surface area (Å²) in [5.41, 5.74) is 2.33.